The van der Waals surface area contributed by atoms with Gasteiger partial charge in [-0.1, -0.05) is 18.2 Å². The zero-order chi connectivity index (χ0) is 13.1. The number of nitriles is 1. The summed E-state index contributed by atoms with van der Waals surface area (Å²) in [5.74, 6) is 0.560. The first kappa shape index (κ1) is 12.0. The highest BCUT2D eigenvalue weighted by molar-refractivity contribution is 5.87. The second kappa shape index (κ2) is 4.80. The lowest BCUT2D eigenvalue weighted by Gasteiger charge is -2.06. The van der Waals surface area contributed by atoms with Crippen LogP contribution in [0, 0.1) is 11.3 Å². The van der Waals surface area contributed by atoms with Crippen molar-refractivity contribution in [2.24, 2.45) is 0 Å². The number of benzene rings is 2. The van der Waals surface area contributed by atoms with Crippen molar-refractivity contribution in [2.75, 3.05) is 7.11 Å². The van der Waals surface area contributed by atoms with Gasteiger partial charge < -0.3 is 9.84 Å². The highest BCUT2D eigenvalue weighted by Crippen LogP contribution is 2.25. The second-order valence-corrected chi connectivity index (χ2v) is 4.01. The van der Waals surface area contributed by atoms with Crippen LogP contribution in [0.2, 0.25) is 0 Å². The lowest BCUT2D eigenvalue weighted by Crippen LogP contribution is -1.87. The zero-order valence-corrected chi connectivity index (χ0v) is 10.3. The van der Waals surface area contributed by atoms with Gasteiger partial charge in [0, 0.05) is 5.57 Å². The Labute approximate surface area is 106 Å². The number of hydrogen-bond acceptors (Lipinski definition) is 3. The van der Waals surface area contributed by atoms with Gasteiger partial charge in [0.1, 0.15) is 11.8 Å². The number of aliphatic hydroxyl groups excluding tert-OH is 1. The molecule has 0 amide bonds. The van der Waals surface area contributed by atoms with Crippen LogP contribution in [0.5, 0.6) is 5.75 Å². The first-order chi connectivity index (χ1) is 8.65. The predicted octanol–water partition coefficient (Wildman–Crippen LogP) is 3.66. The molecule has 0 radical (unpaired) electrons. The van der Waals surface area contributed by atoms with Crippen LogP contribution in [0.25, 0.3) is 16.3 Å². The highest BCUT2D eigenvalue weighted by atomic mass is 16.5. The summed E-state index contributed by atoms with van der Waals surface area (Å²) in [5.41, 5.74) is 1.42. The van der Waals surface area contributed by atoms with Gasteiger partial charge in [0.2, 0.25) is 0 Å². The standard InChI is InChI=1S/C15H13NO2/c1-10(15(17)9-16)11-3-4-13-8-14(18-2)6-5-12(13)7-11/h3-8,17H,1-2H3/b15-10-. The van der Waals surface area contributed by atoms with E-state index in [1.165, 1.54) is 0 Å². The van der Waals surface area contributed by atoms with Crippen LogP contribution >= 0.6 is 0 Å². The number of fused-ring (bicyclic) bond motifs is 1. The molecule has 18 heavy (non-hydrogen) atoms. The minimum atomic E-state index is -0.247. The summed E-state index contributed by atoms with van der Waals surface area (Å²) in [7, 11) is 1.63. The largest absolute Gasteiger partial charge is 0.499 e. The molecule has 3 nitrogen and oxygen atoms in total. The maximum atomic E-state index is 9.43. The van der Waals surface area contributed by atoms with Gasteiger partial charge in [0.15, 0.2) is 5.76 Å². The van der Waals surface area contributed by atoms with Crippen LogP contribution in [-0.4, -0.2) is 12.2 Å². The molecule has 0 saturated heterocycles. The van der Waals surface area contributed by atoms with Crippen LogP contribution in [0.4, 0.5) is 0 Å². The van der Waals surface area contributed by atoms with E-state index >= 15 is 0 Å². The zero-order valence-electron chi connectivity index (χ0n) is 10.3. The van der Waals surface area contributed by atoms with Crippen molar-refractivity contribution >= 4 is 16.3 Å². The van der Waals surface area contributed by atoms with E-state index in [1.807, 2.05) is 36.4 Å². The molecule has 2 aromatic rings. The molecule has 1 N–H and O–H groups in total. The first-order valence-electron chi connectivity index (χ1n) is 5.54. The number of methoxy groups -OCH3 is 1. The van der Waals surface area contributed by atoms with E-state index in [-0.39, 0.29) is 5.76 Å². The lowest BCUT2D eigenvalue weighted by molar-refractivity contribution is 0.415. The molecule has 0 atom stereocenters. The topological polar surface area (TPSA) is 53.2 Å². The smallest absolute Gasteiger partial charge is 0.198 e. The molecule has 0 aliphatic rings. The fourth-order valence-corrected chi connectivity index (χ4v) is 1.80. The molecule has 0 saturated carbocycles. The van der Waals surface area contributed by atoms with Crippen LogP contribution < -0.4 is 4.74 Å². The van der Waals surface area contributed by atoms with Crippen molar-refractivity contribution in [2.45, 2.75) is 6.92 Å². The molecular weight excluding hydrogens is 226 g/mol. The fourth-order valence-electron chi connectivity index (χ4n) is 1.80. The normalized spacial score (nSPS) is 11.8. The van der Waals surface area contributed by atoms with E-state index in [0.29, 0.717) is 5.57 Å². The molecule has 0 spiro atoms. The van der Waals surface area contributed by atoms with Gasteiger partial charge in [-0.3, -0.25) is 0 Å². The maximum Gasteiger partial charge on any atom is 0.198 e. The number of ether oxygens (including phenoxy) is 1. The van der Waals surface area contributed by atoms with Crippen molar-refractivity contribution in [3.05, 3.63) is 47.7 Å². The minimum Gasteiger partial charge on any atom is -0.499 e. The Morgan fingerprint density at radius 1 is 1.17 bits per heavy atom. The molecule has 0 aliphatic carbocycles. The number of nitrogens with zero attached hydrogens (tertiary/aromatic N) is 1. The van der Waals surface area contributed by atoms with Gasteiger partial charge in [0.25, 0.3) is 0 Å². The van der Waals surface area contributed by atoms with E-state index in [9.17, 15) is 5.11 Å². The maximum absolute atomic E-state index is 9.43. The molecule has 0 fully saturated rings. The molecule has 3 heteroatoms. The minimum absolute atomic E-state index is 0.247. The summed E-state index contributed by atoms with van der Waals surface area (Å²) in [6, 6.07) is 13.3. The van der Waals surface area contributed by atoms with Crippen LogP contribution in [-0.2, 0) is 0 Å². The number of rotatable bonds is 2. The van der Waals surface area contributed by atoms with Gasteiger partial charge in [-0.05, 0) is 41.5 Å². The molecule has 0 unspecified atom stereocenters. The molecule has 0 aromatic heterocycles. The summed E-state index contributed by atoms with van der Waals surface area (Å²) < 4.78 is 5.16. The molecule has 90 valence electrons. The van der Waals surface area contributed by atoms with E-state index < -0.39 is 0 Å². The second-order valence-electron chi connectivity index (χ2n) is 4.01. The third-order valence-corrected chi connectivity index (χ3v) is 2.94. The molecule has 2 aromatic carbocycles. The van der Waals surface area contributed by atoms with Crippen LogP contribution in [0.3, 0.4) is 0 Å². The molecular formula is C15H13NO2. The average Bonchev–Trinajstić information content (AvgIpc) is 2.44. The average molecular weight is 239 g/mol. The Hall–Kier alpha value is -2.47. The highest BCUT2D eigenvalue weighted by Gasteiger charge is 2.04. The van der Waals surface area contributed by atoms with Gasteiger partial charge in [-0.2, -0.15) is 5.26 Å². The Balaban J connectivity index is 2.56. The quantitative estimate of drug-likeness (QED) is 0.494. The Bertz CT molecular complexity index is 666. The fraction of sp³-hybridized carbons (Fsp3) is 0.133. The van der Waals surface area contributed by atoms with Crippen LogP contribution in [0.15, 0.2) is 42.2 Å². The summed E-state index contributed by atoms with van der Waals surface area (Å²) in [4.78, 5) is 0. The first-order valence-corrected chi connectivity index (χ1v) is 5.54. The van der Waals surface area contributed by atoms with Gasteiger partial charge in [-0.25, -0.2) is 0 Å². The van der Waals surface area contributed by atoms with Crippen LogP contribution in [0.1, 0.15) is 12.5 Å². The van der Waals surface area contributed by atoms with E-state index in [0.717, 1.165) is 22.1 Å². The summed E-state index contributed by atoms with van der Waals surface area (Å²) in [6.07, 6.45) is 0. The summed E-state index contributed by atoms with van der Waals surface area (Å²) >= 11 is 0. The van der Waals surface area contributed by atoms with E-state index in [1.54, 1.807) is 20.1 Å². The van der Waals surface area contributed by atoms with Gasteiger partial charge in [-0.15, -0.1) is 0 Å². The molecule has 0 bridgehead atoms. The van der Waals surface area contributed by atoms with Crippen molar-refractivity contribution in [1.29, 1.82) is 5.26 Å². The molecule has 0 aliphatic heterocycles. The van der Waals surface area contributed by atoms with E-state index in [4.69, 9.17) is 10.00 Å². The number of hydrogen-bond donors (Lipinski definition) is 1. The third kappa shape index (κ3) is 2.14. The predicted molar refractivity (Wildman–Crippen MR) is 71.3 cm³/mol. The van der Waals surface area contributed by atoms with Gasteiger partial charge >= 0.3 is 0 Å². The Kier molecular flexibility index (Phi) is 3.20. The summed E-state index contributed by atoms with van der Waals surface area (Å²) in [6.45, 7) is 1.73. The lowest BCUT2D eigenvalue weighted by atomic mass is 10.0. The number of allylic oxidation sites excluding steroid dienone is 2. The van der Waals surface area contributed by atoms with Crippen molar-refractivity contribution in [1.82, 2.24) is 0 Å². The Morgan fingerprint density at radius 2 is 1.83 bits per heavy atom. The SMILES string of the molecule is COc1ccc2cc(/C(C)=C(\O)C#N)ccc2c1. The van der Waals surface area contributed by atoms with E-state index in [2.05, 4.69) is 0 Å². The monoisotopic (exact) mass is 239 g/mol. The Morgan fingerprint density at radius 3 is 2.50 bits per heavy atom. The summed E-state index contributed by atoms with van der Waals surface area (Å²) in [5, 5.41) is 20.2. The van der Waals surface area contributed by atoms with Crippen molar-refractivity contribution < 1.29 is 9.84 Å². The van der Waals surface area contributed by atoms with Gasteiger partial charge in [0.05, 0.1) is 7.11 Å². The molecule has 0 heterocycles. The van der Waals surface area contributed by atoms with Crippen molar-refractivity contribution in [3.63, 3.8) is 0 Å². The number of aliphatic hydroxyl groups is 1. The third-order valence-electron chi connectivity index (χ3n) is 2.94. The van der Waals surface area contributed by atoms with Crippen molar-refractivity contribution in [3.8, 4) is 11.8 Å². The molecule has 2 rings (SSSR count).